The summed E-state index contributed by atoms with van der Waals surface area (Å²) < 4.78 is 8.07. The van der Waals surface area contributed by atoms with Crippen molar-refractivity contribution in [2.24, 2.45) is 5.73 Å². The van der Waals surface area contributed by atoms with E-state index in [1.807, 2.05) is 37.3 Å². The van der Waals surface area contributed by atoms with Crippen LogP contribution < -0.4 is 21.1 Å². The van der Waals surface area contributed by atoms with Crippen LogP contribution in [0.4, 0.5) is 11.6 Å². The summed E-state index contributed by atoms with van der Waals surface area (Å²) in [6.07, 6.45) is 11.9. The Morgan fingerprint density at radius 1 is 1.14 bits per heavy atom. The molecule has 1 aromatic carbocycles. The van der Waals surface area contributed by atoms with Gasteiger partial charge in [-0.1, -0.05) is 44.6 Å². The number of fused-ring (bicyclic) bond motifs is 1. The van der Waals surface area contributed by atoms with Gasteiger partial charge in [-0.2, -0.15) is 19.6 Å². The molecule has 3 atom stereocenters. The lowest BCUT2D eigenvalue weighted by Gasteiger charge is -2.30. The second kappa shape index (κ2) is 14.5. The molecule has 11 heteroatoms. The van der Waals surface area contributed by atoms with Gasteiger partial charge in [-0.05, 0) is 82.8 Å². The summed E-state index contributed by atoms with van der Waals surface area (Å²) in [6.45, 7) is 6.30. The summed E-state index contributed by atoms with van der Waals surface area (Å²) in [5.41, 5.74) is 10.0. The molecule has 0 spiro atoms. The number of ether oxygens (including phenoxy) is 1. The number of anilines is 2. The lowest BCUT2D eigenvalue weighted by molar-refractivity contribution is -0.121. The van der Waals surface area contributed by atoms with E-state index in [9.17, 15) is 4.79 Å². The van der Waals surface area contributed by atoms with Crippen molar-refractivity contribution in [1.29, 1.82) is 0 Å². The van der Waals surface area contributed by atoms with E-state index in [0.29, 0.717) is 24.3 Å². The van der Waals surface area contributed by atoms with E-state index >= 15 is 0 Å². The van der Waals surface area contributed by atoms with Crippen LogP contribution in [0.3, 0.4) is 0 Å². The summed E-state index contributed by atoms with van der Waals surface area (Å²) in [4.78, 5) is 26.3. The van der Waals surface area contributed by atoms with Crippen LogP contribution in [0.15, 0.2) is 42.6 Å². The van der Waals surface area contributed by atoms with Crippen molar-refractivity contribution in [2.45, 2.75) is 88.9 Å². The van der Waals surface area contributed by atoms with Gasteiger partial charge in [0.1, 0.15) is 6.10 Å². The Morgan fingerprint density at radius 3 is 2.59 bits per heavy atom. The molecule has 2 fully saturated rings. The van der Waals surface area contributed by atoms with Crippen LogP contribution in [0.1, 0.15) is 81.8 Å². The van der Waals surface area contributed by atoms with Crippen LogP contribution >= 0.6 is 0 Å². The number of likely N-dealkylation sites (tertiary alicyclic amines) is 1. The zero-order valence-corrected chi connectivity index (χ0v) is 26.9. The van der Waals surface area contributed by atoms with E-state index in [1.54, 1.807) is 4.52 Å². The summed E-state index contributed by atoms with van der Waals surface area (Å²) in [7, 11) is 5.97. The maximum Gasteiger partial charge on any atom is 0.322 e. The maximum atomic E-state index is 12.6. The number of carbonyl (C=O) groups excluding carboxylic acids is 1. The van der Waals surface area contributed by atoms with E-state index in [0.717, 1.165) is 68.5 Å². The van der Waals surface area contributed by atoms with Gasteiger partial charge in [0, 0.05) is 36.8 Å². The van der Waals surface area contributed by atoms with Gasteiger partial charge in [0.15, 0.2) is 5.65 Å². The molecule has 1 aliphatic heterocycles. The zero-order chi connectivity index (χ0) is 31.2. The molecule has 5 rings (SSSR count). The second-order valence-electron chi connectivity index (χ2n) is 12.9. The van der Waals surface area contributed by atoms with Gasteiger partial charge < -0.3 is 26.0 Å². The monoisotopic (exact) mass is 603 g/mol. The first kappa shape index (κ1) is 31.9. The van der Waals surface area contributed by atoms with Crippen molar-refractivity contribution in [3.8, 4) is 6.01 Å². The first-order valence-electron chi connectivity index (χ1n) is 16.0. The van der Waals surface area contributed by atoms with Gasteiger partial charge in [0.2, 0.25) is 11.9 Å². The van der Waals surface area contributed by atoms with Gasteiger partial charge in [-0.25, -0.2) is 0 Å². The average molecular weight is 604 g/mol. The van der Waals surface area contributed by atoms with E-state index in [2.05, 4.69) is 65.8 Å². The Labute approximate surface area is 261 Å². The zero-order valence-electron chi connectivity index (χ0n) is 26.9. The van der Waals surface area contributed by atoms with Crippen molar-refractivity contribution >= 4 is 23.2 Å². The fraction of sp³-hybridized carbons (Fsp3) is 0.576. The number of nitrogens with zero attached hydrogens (tertiary/aromatic N) is 6. The van der Waals surface area contributed by atoms with E-state index in [4.69, 9.17) is 20.4 Å². The van der Waals surface area contributed by atoms with E-state index in [-0.39, 0.29) is 30.1 Å². The molecule has 2 aliphatic rings. The number of hydrogen-bond donors (Lipinski definition) is 3. The Bertz CT molecular complexity index is 1410. The van der Waals surface area contributed by atoms with Crippen LogP contribution in [0.5, 0.6) is 6.01 Å². The molecule has 0 bridgehead atoms. The minimum Gasteiger partial charge on any atom is -0.460 e. The summed E-state index contributed by atoms with van der Waals surface area (Å²) in [5, 5.41) is 11.3. The molecular weight excluding hydrogens is 554 g/mol. The number of amides is 1. The normalized spacial score (nSPS) is 20.9. The lowest BCUT2D eigenvalue weighted by Crippen LogP contribution is -2.38. The minimum atomic E-state index is -0.184. The highest BCUT2D eigenvalue weighted by Gasteiger charge is 2.25. The summed E-state index contributed by atoms with van der Waals surface area (Å²) >= 11 is 0. The first-order chi connectivity index (χ1) is 21.2. The number of nitrogens with two attached hydrogens (primary N) is 1. The van der Waals surface area contributed by atoms with E-state index < -0.39 is 0 Å². The Hall–Kier alpha value is -3.54. The van der Waals surface area contributed by atoms with Crippen LogP contribution in [-0.2, 0) is 4.79 Å². The fourth-order valence-electron chi connectivity index (χ4n) is 6.03. The highest BCUT2D eigenvalue weighted by Crippen LogP contribution is 2.34. The highest BCUT2D eigenvalue weighted by molar-refractivity contribution is 5.77. The highest BCUT2D eigenvalue weighted by atomic mass is 16.5. The predicted molar refractivity (Wildman–Crippen MR) is 174 cm³/mol. The Morgan fingerprint density at radius 2 is 1.89 bits per heavy atom. The Balaban J connectivity index is 1.24. The molecule has 3 heterocycles. The van der Waals surface area contributed by atoms with Crippen LogP contribution in [0.2, 0.25) is 0 Å². The van der Waals surface area contributed by atoms with Crippen molar-refractivity contribution in [2.75, 3.05) is 39.5 Å². The molecular formula is C33H49N9O2. The van der Waals surface area contributed by atoms with Gasteiger partial charge in [-0.15, -0.1) is 0 Å². The number of rotatable bonds is 11. The molecule has 4 N–H and O–H groups in total. The van der Waals surface area contributed by atoms with Crippen molar-refractivity contribution < 1.29 is 9.53 Å². The number of aromatic nitrogens is 4. The second-order valence-corrected chi connectivity index (χ2v) is 12.9. The number of likely N-dealkylation sites (N-methyl/N-ethyl adjacent to an activating group) is 1. The summed E-state index contributed by atoms with van der Waals surface area (Å²) in [5.74, 6) is 1.30. The molecule has 1 saturated carbocycles. The third-order valence-electron chi connectivity index (χ3n) is 8.84. The molecule has 11 nitrogen and oxygen atoms in total. The van der Waals surface area contributed by atoms with Gasteiger partial charge in [0.25, 0.3) is 0 Å². The van der Waals surface area contributed by atoms with Gasteiger partial charge in [-0.3, -0.25) is 9.69 Å². The number of carbonyl (C=O) groups is 1. The molecule has 0 radical (unpaired) electrons. The topological polar surface area (TPSA) is 126 Å². The molecule has 2 aromatic heterocycles. The number of nitrogens with one attached hydrogen (secondary N) is 2. The number of hydrogen-bond acceptors (Lipinski definition) is 9. The van der Waals surface area contributed by atoms with E-state index in [1.165, 1.54) is 5.56 Å². The molecule has 3 aromatic rings. The van der Waals surface area contributed by atoms with Gasteiger partial charge in [0.05, 0.1) is 12.4 Å². The van der Waals surface area contributed by atoms with Crippen LogP contribution in [-0.4, -0.2) is 87.8 Å². The minimum absolute atomic E-state index is 0.0481. The van der Waals surface area contributed by atoms with Crippen molar-refractivity contribution in [3.63, 3.8) is 0 Å². The Kier molecular flexibility index (Phi) is 10.5. The first-order valence-corrected chi connectivity index (χ1v) is 16.0. The standard InChI is InChI=1S/C33H49N9O2/c1-22(2)28-21-35-42-31(28)38-33(44-27-16-18-41(5)19-17-27)39-32(42)37-25-14-12-23(13-15-25)24-8-6-9-26(20-24)36-30(43)11-7-10-29(34)40(3)4/h7,10,12-15,21-22,24,26-27,29H,6,8-9,11,16-20,34H2,1-5H3,(H,36,43)(H,37,38,39)/b10-7+. The molecule has 1 aliphatic carbocycles. The number of piperidine rings is 1. The largest absolute Gasteiger partial charge is 0.460 e. The molecule has 1 saturated heterocycles. The summed E-state index contributed by atoms with van der Waals surface area (Å²) in [6, 6.07) is 9.12. The number of benzene rings is 1. The van der Waals surface area contributed by atoms with Crippen molar-refractivity contribution in [1.82, 2.24) is 34.7 Å². The molecule has 1 amide bonds. The third kappa shape index (κ3) is 8.13. The molecule has 3 unspecified atom stereocenters. The van der Waals surface area contributed by atoms with Gasteiger partial charge >= 0.3 is 6.01 Å². The van der Waals surface area contributed by atoms with Crippen LogP contribution in [0.25, 0.3) is 5.65 Å². The average Bonchev–Trinajstić information content (AvgIpc) is 3.43. The fourth-order valence-corrected chi connectivity index (χ4v) is 6.03. The smallest absolute Gasteiger partial charge is 0.322 e. The third-order valence-corrected chi connectivity index (χ3v) is 8.84. The van der Waals surface area contributed by atoms with Crippen LogP contribution in [0, 0.1) is 0 Å². The maximum absolute atomic E-state index is 12.6. The molecule has 238 valence electrons. The van der Waals surface area contributed by atoms with Crippen molar-refractivity contribution in [3.05, 3.63) is 53.7 Å². The predicted octanol–water partition coefficient (Wildman–Crippen LogP) is 4.40. The molecule has 44 heavy (non-hydrogen) atoms. The lowest BCUT2D eigenvalue weighted by atomic mass is 9.81. The SMILES string of the molecule is CC(C)c1cnn2c(Nc3ccc(C4CCCC(NC(=O)C/C=C/C(N)N(C)C)C4)cc3)nc(OC3CCN(C)CC3)nc12. The quantitative estimate of drug-likeness (QED) is 0.216.